The van der Waals surface area contributed by atoms with Crippen molar-refractivity contribution >= 4 is 38.4 Å². The fourth-order valence-corrected chi connectivity index (χ4v) is 3.62. The van der Waals surface area contributed by atoms with Crippen LogP contribution in [0.1, 0.15) is 21.5 Å². The molecule has 3 nitrogen and oxygen atoms in total. The molecule has 1 amide bonds. The zero-order chi connectivity index (χ0) is 19.7. The van der Waals surface area contributed by atoms with Crippen LogP contribution in [0, 0.1) is 13.8 Å². The van der Waals surface area contributed by atoms with Crippen molar-refractivity contribution < 1.29 is 4.79 Å². The number of pyridine rings is 1. The van der Waals surface area contributed by atoms with Gasteiger partial charge < -0.3 is 5.32 Å². The fraction of sp³-hybridized carbons (Fsp3) is 0.0833. The van der Waals surface area contributed by atoms with E-state index >= 15 is 0 Å². The summed E-state index contributed by atoms with van der Waals surface area (Å²) in [5.41, 5.74) is 6.11. The number of fused-ring (bicyclic) bond motifs is 1. The Kier molecular flexibility index (Phi) is 4.97. The number of halogens is 1. The number of aryl methyl sites for hydroxylation is 2. The molecule has 138 valence electrons. The average Bonchev–Trinajstić information content (AvgIpc) is 2.70. The number of amides is 1. The zero-order valence-corrected chi connectivity index (χ0v) is 17.2. The second kappa shape index (κ2) is 7.56. The minimum absolute atomic E-state index is 0.136. The summed E-state index contributed by atoms with van der Waals surface area (Å²) in [6.07, 6.45) is 0. The van der Waals surface area contributed by atoms with Gasteiger partial charge in [0.15, 0.2) is 0 Å². The Morgan fingerprint density at radius 3 is 2.57 bits per heavy atom. The van der Waals surface area contributed by atoms with Crippen LogP contribution in [-0.4, -0.2) is 10.9 Å². The highest BCUT2D eigenvalue weighted by Gasteiger charge is 2.15. The SMILES string of the molecule is Cc1ccc(C)c(NC(=O)c2cc(-c3cccc(Br)c3)nc3ccccc23)c1. The molecule has 1 N–H and O–H groups in total. The van der Waals surface area contributed by atoms with Crippen molar-refractivity contribution in [3.05, 3.63) is 94.0 Å². The van der Waals surface area contributed by atoms with Gasteiger partial charge in [-0.2, -0.15) is 0 Å². The Bertz CT molecular complexity index is 1200. The van der Waals surface area contributed by atoms with Gasteiger partial charge in [-0.25, -0.2) is 4.98 Å². The molecular formula is C24H19BrN2O. The smallest absolute Gasteiger partial charge is 0.256 e. The van der Waals surface area contributed by atoms with Gasteiger partial charge in [-0.3, -0.25) is 4.79 Å². The number of carbonyl (C=O) groups is 1. The zero-order valence-electron chi connectivity index (χ0n) is 15.7. The first-order chi connectivity index (χ1) is 13.5. The van der Waals surface area contributed by atoms with Crippen molar-refractivity contribution in [2.45, 2.75) is 13.8 Å². The number of nitrogens with one attached hydrogen (secondary N) is 1. The highest BCUT2D eigenvalue weighted by atomic mass is 79.9. The molecular weight excluding hydrogens is 412 g/mol. The molecule has 0 aliphatic carbocycles. The number of nitrogens with zero attached hydrogens (tertiary/aromatic N) is 1. The van der Waals surface area contributed by atoms with Gasteiger partial charge in [0.25, 0.3) is 5.91 Å². The Balaban J connectivity index is 1.83. The summed E-state index contributed by atoms with van der Waals surface area (Å²) in [7, 11) is 0. The molecule has 4 aromatic rings. The van der Waals surface area contributed by atoms with Gasteiger partial charge in [0.1, 0.15) is 0 Å². The third-order valence-corrected chi connectivity index (χ3v) is 5.22. The minimum Gasteiger partial charge on any atom is -0.322 e. The molecule has 0 radical (unpaired) electrons. The predicted molar refractivity (Wildman–Crippen MR) is 119 cm³/mol. The third-order valence-electron chi connectivity index (χ3n) is 4.72. The monoisotopic (exact) mass is 430 g/mol. The number of anilines is 1. The van der Waals surface area contributed by atoms with Crippen LogP contribution in [0.25, 0.3) is 22.2 Å². The number of rotatable bonds is 3. The molecule has 1 aromatic heterocycles. The topological polar surface area (TPSA) is 42.0 Å². The number of benzene rings is 3. The van der Waals surface area contributed by atoms with Crippen molar-refractivity contribution in [2.75, 3.05) is 5.32 Å². The van der Waals surface area contributed by atoms with E-state index in [4.69, 9.17) is 4.98 Å². The molecule has 0 saturated heterocycles. The molecule has 0 spiro atoms. The standard InChI is InChI=1S/C24H19BrN2O/c1-15-10-11-16(2)22(12-15)27-24(28)20-14-23(17-6-5-7-18(25)13-17)26-21-9-4-3-8-19(20)21/h3-14H,1-2H3,(H,27,28). The van der Waals surface area contributed by atoms with E-state index in [1.165, 1.54) is 0 Å². The first-order valence-electron chi connectivity index (χ1n) is 9.05. The van der Waals surface area contributed by atoms with Crippen molar-refractivity contribution in [3.8, 4) is 11.3 Å². The lowest BCUT2D eigenvalue weighted by atomic mass is 10.0. The highest BCUT2D eigenvalue weighted by Crippen LogP contribution is 2.27. The van der Waals surface area contributed by atoms with Crippen LogP contribution in [0.5, 0.6) is 0 Å². The first kappa shape index (κ1) is 18.4. The quantitative estimate of drug-likeness (QED) is 0.401. The number of aromatic nitrogens is 1. The van der Waals surface area contributed by atoms with Gasteiger partial charge in [0.2, 0.25) is 0 Å². The van der Waals surface area contributed by atoms with E-state index < -0.39 is 0 Å². The second-order valence-corrected chi connectivity index (χ2v) is 7.77. The number of hydrogen-bond donors (Lipinski definition) is 1. The minimum atomic E-state index is -0.136. The van der Waals surface area contributed by atoms with Crippen molar-refractivity contribution in [1.82, 2.24) is 4.98 Å². The molecule has 0 bridgehead atoms. The molecule has 28 heavy (non-hydrogen) atoms. The molecule has 0 unspecified atom stereocenters. The summed E-state index contributed by atoms with van der Waals surface area (Å²) in [5.74, 6) is -0.136. The lowest BCUT2D eigenvalue weighted by Gasteiger charge is -2.13. The van der Waals surface area contributed by atoms with Crippen molar-refractivity contribution in [3.63, 3.8) is 0 Å². The maximum absolute atomic E-state index is 13.2. The predicted octanol–water partition coefficient (Wildman–Crippen LogP) is 6.53. The maximum Gasteiger partial charge on any atom is 0.256 e. The summed E-state index contributed by atoms with van der Waals surface area (Å²) in [4.78, 5) is 18.0. The van der Waals surface area contributed by atoms with Crippen LogP contribution in [0.2, 0.25) is 0 Å². The van der Waals surface area contributed by atoms with Crippen LogP contribution >= 0.6 is 15.9 Å². The molecule has 1 heterocycles. The summed E-state index contributed by atoms with van der Waals surface area (Å²) >= 11 is 3.51. The number of para-hydroxylation sites is 1. The van der Waals surface area contributed by atoms with Crippen LogP contribution in [0.15, 0.2) is 77.3 Å². The van der Waals surface area contributed by atoms with Crippen LogP contribution in [0.3, 0.4) is 0 Å². The van der Waals surface area contributed by atoms with Gasteiger partial charge >= 0.3 is 0 Å². The molecule has 0 atom stereocenters. The number of hydrogen-bond acceptors (Lipinski definition) is 2. The second-order valence-electron chi connectivity index (χ2n) is 6.86. The van der Waals surface area contributed by atoms with E-state index in [0.29, 0.717) is 5.56 Å². The lowest BCUT2D eigenvalue weighted by molar-refractivity contribution is 0.102. The van der Waals surface area contributed by atoms with Gasteiger partial charge in [-0.1, -0.05) is 58.4 Å². The molecule has 4 heteroatoms. The lowest BCUT2D eigenvalue weighted by Crippen LogP contribution is -2.14. The van der Waals surface area contributed by atoms with E-state index in [1.807, 2.05) is 86.6 Å². The van der Waals surface area contributed by atoms with Crippen molar-refractivity contribution in [1.29, 1.82) is 0 Å². The molecule has 0 aliphatic heterocycles. The Morgan fingerprint density at radius 1 is 0.929 bits per heavy atom. The van der Waals surface area contributed by atoms with E-state index in [2.05, 4.69) is 21.2 Å². The van der Waals surface area contributed by atoms with Gasteiger partial charge in [0.05, 0.1) is 16.8 Å². The average molecular weight is 431 g/mol. The summed E-state index contributed by atoms with van der Waals surface area (Å²) in [6.45, 7) is 4.01. The molecule has 0 aliphatic rings. The summed E-state index contributed by atoms with van der Waals surface area (Å²) in [6, 6.07) is 23.6. The normalized spacial score (nSPS) is 10.8. The van der Waals surface area contributed by atoms with Gasteiger partial charge in [0, 0.05) is 21.1 Å². The van der Waals surface area contributed by atoms with E-state index in [1.54, 1.807) is 0 Å². The molecule has 0 fully saturated rings. The van der Waals surface area contributed by atoms with Crippen molar-refractivity contribution in [2.24, 2.45) is 0 Å². The van der Waals surface area contributed by atoms with Crippen LogP contribution in [0.4, 0.5) is 5.69 Å². The van der Waals surface area contributed by atoms with Crippen LogP contribution in [-0.2, 0) is 0 Å². The Morgan fingerprint density at radius 2 is 1.75 bits per heavy atom. The summed E-state index contributed by atoms with van der Waals surface area (Å²) in [5, 5.41) is 3.91. The maximum atomic E-state index is 13.2. The van der Waals surface area contributed by atoms with E-state index in [0.717, 1.165) is 43.4 Å². The molecule has 3 aromatic carbocycles. The molecule has 4 rings (SSSR count). The number of carbonyl (C=O) groups excluding carboxylic acids is 1. The Hall–Kier alpha value is -2.98. The van der Waals surface area contributed by atoms with Gasteiger partial charge in [-0.15, -0.1) is 0 Å². The third kappa shape index (κ3) is 3.69. The van der Waals surface area contributed by atoms with E-state index in [-0.39, 0.29) is 5.91 Å². The van der Waals surface area contributed by atoms with E-state index in [9.17, 15) is 4.79 Å². The first-order valence-corrected chi connectivity index (χ1v) is 9.85. The fourth-order valence-electron chi connectivity index (χ4n) is 3.22. The largest absolute Gasteiger partial charge is 0.322 e. The summed E-state index contributed by atoms with van der Waals surface area (Å²) < 4.78 is 0.973. The molecule has 0 saturated carbocycles. The van der Waals surface area contributed by atoms with Gasteiger partial charge in [-0.05, 0) is 55.3 Å². The Labute approximate surface area is 172 Å². The highest BCUT2D eigenvalue weighted by molar-refractivity contribution is 9.10. The van der Waals surface area contributed by atoms with Crippen LogP contribution < -0.4 is 5.32 Å².